The Morgan fingerprint density at radius 1 is 1.14 bits per heavy atom. The lowest BCUT2D eigenvalue weighted by atomic mass is 10.2. The number of aromatic nitrogens is 2. The number of hydrogen-bond acceptors (Lipinski definition) is 4. The highest BCUT2D eigenvalue weighted by molar-refractivity contribution is 7.92. The fourth-order valence-corrected chi connectivity index (χ4v) is 2.64. The molecule has 0 fully saturated rings. The molecule has 3 rings (SSSR count). The van der Waals surface area contributed by atoms with Crippen LogP contribution in [0.1, 0.15) is 0 Å². The lowest BCUT2D eigenvalue weighted by molar-refractivity contribution is 0.607. The van der Waals surface area contributed by atoms with E-state index in [1.807, 2.05) is 12.1 Å². The number of hydrogen-bond donors (Lipinski definition) is 3. The summed E-state index contributed by atoms with van der Waals surface area (Å²) < 4.78 is 24.7. The maximum Gasteiger partial charge on any atom is 0.229 e. The van der Waals surface area contributed by atoms with E-state index in [1.165, 1.54) is 0 Å². The molecule has 21 heavy (non-hydrogen) atoms. The number of fused-ring (bicyclic) bond motifs is 1. The van der Waals surface area contributed by atoms with Crippen molar-refractivity contribution in [2.24, 2.45) is 0 Å². The summed E-state index contributed by atoms with van der Waals surface area (Å²) in [6.07, 6.45) is 1.12. The van der Waals surface area contributed by atoms with Crippen LogP contribution in [0, 0.1) is 0 Å². The van der Waals surface area contributed by atoms with Crippen molar-refractivity contribution in [3.05, 3.63) is 42.5 Å². The molecule has 3 aromatic rings. The number of sulfonamides is 1. The Hall–Kier alpha value is -2.54. The van der Waals surface area contributed by atoms with Crippen LogP contribution in [0.4, 0.5) is 11.4 Å². The summed E-state index contributed by atoms with van der Waals surface area (Å²) >= 11 is 0. The van der Waals surface area contributed by atoms with Crippen molar-refractivity contribution < 1.29 is 8.42 Å². The van der Waals surface area contributed by atoms with Crippen LogP contribution in [-0.4, -0.2) is 24.6 Å². The molecule has 1 heterocycles. The Labute approximate surface area is 122 Å². The van der Waals surface area contributed by atoms with E-state index in [0.717, 1.165) is 22.9 Å². The predicted molar refractivity (Wildman–Crippen MR) is 84.4 cm³/mol. The van der Waals surface area contributed by atoms with Crippen LogP contribution in [0.2, 0.25) is 0 Å². The maximum atomic E-state index is 11.2. The number of aromatic amines is 1. The van der Waals surface area contributed by atoms with Crippen LogP contribution in [0.5, 0.6) is 0 Å². The summed E-state index contributed by atoms with van der Waals surface area (Å²) in [6.45, 7) is 0. The zero-order valence-electron chi connectivity index (χ0n) is 11.3. The van der Waals surface area contributed by atoms with Gasteiger partial charge in [0.05, 0.1) is 17.3 Å². The predicted octanol–water partition coefficient (Wildman–Crippen LogP) is 2.18. The first-order valence-corrected chi connectivity index (χ1v) is 8.13. The first kappa shape index (κ1) is 13.4. The number of nitrogens with zero attached hydrogens (tertiary/aromatic N) is 1. The molecule has 0 spiro atoms. The molecule has 0 bridgehead atoms. The van der Waals surface area contributed by atoms with Crippen molar-refractivity contribution in [2.75, 3.05) is 16.7 Å². The van der Waals surface area contributed by atoms with Gasteiger partial charge < -0.3 is 10.7 Å². The van der Waals surface area contributed by atoms with E-state index < -0.39 is 10.0 Å². The minimum absolute atomic E-state index is 0.515. The minimum Gasteiger partial charge on any atom is -0.399 e. The highest BCUT2D eigenvalue weighted by Crippen LogP contribution is 2.23. The molecule has 0 aliphatic carbocycles. The Bertz CT molecular complexity index is 898. The summed E-state index contributed by atoms with van der Waals surface area (Å²) in [7, 11) is -3.27. The highest BCUT2D eigenvalue weighted by atomic mass is 32.2. The van der Waals surface area contributed by atoms with E-state index in [-0.39, 0.29) is 0 Å². The Morgan fingerprint density at radius 3 is 2.52 bits per heavy atom. The minimum atomic E-state index is -3.27. The van der Waals surface area contributed by atoms with E-state index in [9.17, 15) is 8.42 Å². The molecule has 0 aliphatic rings. The fourth-order valence-electron chi connectivity index (χ4n) is 2.07. The molecule has 0 aliphatic heterocycles. The van der Waals surface area contributed by atoms with Crippen LogP contribution in [-0.2, 0) is 10.0 Å². The van der Waals surface area contributed by atoms with Crippen LogP contribution >= 0.6 is 0 Å². The second-order valence-corrected chi connectivity index (χ2v) is 6.56. The molecule has 0 saturated heterocycles. The lowest BCUT2D eigenvalue weighted by Crippen LogP contribution is -2.09. The zero-order chi connectivity index (χ0) is 15.0. The lowest BCUT2D eigenvalue weighted by Gasteiger charge is -2.04. The number of nitrogens with one attached hydrogen (secondary N) is 2. The van der Waals surface area contributed by atoms with Crippen molar-refractivity contribution in [2.45, 2.75) is 0 Å². The van der Waals surface area contributed by atoms with E-state index in [4.69, 9.17) is 5.73 Å². The molecule has 0 unspecified atom stereocenters. The van der Waals surface area contributed by atoms with Gasteiger partial charge >= 0.3 is 0 Å². The first-order chi connectivity index (χ1) is 9.90. The second kappa shape index (κ2) is 4.78. The molecule has 1 aromatic heterocycles. The first-order valence-electron chi connectivity index (χ1n) is 6.24. The molecular formula is C14H14N4O2S. The summed E-state index contributed by atoms with van der Waals surface area (Å²) in [5.74, 6) is 0.710. The average Bonchev–Trinajstić information content (AvgIpc) is 2.80. The summed E-state index contributed by atoms with van der Waals surface area (Å²) in [5, 5.41) is 0. The molecular weight excluding hydrogens is 288 g/mol. The summed E-state index contributed by atoms with van der Waals surface area (Å²) in [6, 6.07) is 12.5. The van der Waals surface area contributed by atoms with Crippen molar-refractivity contribution in [3.63, 3.8) is 0 Å². The van der Waals surface area contributed by atoms with Crippen molar-refractivity contribution in [3.8, 4) is 11.4 Å². The molecule has 108 valence electrons. The largest absolute Gasteiger partial charge is 0.399 e. The van der Waals surface area contributed by atoms with Gasteiger partial charge in [-0.1, -0.05) is 0 Å². The number of anilines is 2. The zero-order valence-corrected chi connectivity index (χ0v) is 12.1. The number of nitrogens with two attached hydrogens (primary N) is 1. The molecule has 0 amide bonds. The number of benzene rings is 2. The van der Waals surface area contributed by atoms with E-state index in [2.05, 4.69) is 14.7 Å². The third kappa shape index (κ3) is 2.97. The van der Waals surface area contributed by atoms with Gasteiger partial charge in [0.2, 0.25) is 10.0 Å². The summed E-state index contributed by atoms with van der Waals surface area (Å²) in [5.41, 5.74) is 9.48. The molecule has 7 heteroatoms. The van der Waals surface area contributed by atoms with Gasteiger partial charge in [-0.15, -0.1) is 0 Å². The van der Waals surface area contributed by atoms with Crippen LogP contribution in [0.25, 0.3) is 22.4 Å². The number of imidazole rings is 1. The number of nitrogen functional groups attached to an aromatic ring is 1. The van der Waals surface area contributed by atoms with Gasteiger partial charge in [0.1, 0.15) is 5.82 Å². The summed E-state index contributed by atoms with van der Waals surface area (Å²) in [4.78, 5) is 7.67. The van der Waals surface area contributed by atoms with E-state index in [0.29, 0.717) is 17.2 Å². The fraction of sp³-hybridized carbons (Fsp3) is 0.0714. The van der Waals surface area contributed by atoms with Gasteiger partial charge in [0, 0.05) is 16.9 Å². The van der Waals surface area contributed by atoms with Gasteiger partial charge in [0.15, 0.2) is 0 Å². The number of H-pyrrole nitrogens is 1. The molecule has 6 nitrogen and oxygen atoms in total. The standard InChI is InChI=1S/C14H14N4O2S/c1-21(19,20)18-11-5-2-9(3-6-11)14-16-12-7-4-10(15)8-13(12)17-14/h2-8,18H,15H2,1H3,(H,16,17). The van der Waals surface area contributed by atoms with Crippen LogP contribution < -0.4 is 10.5 Å². The van der Waals surface area contributed by atoms with Gasteiger partial charge in [-0.25, -0.2) is 13.4 Å². The second-order valence-electron chi connectivity index (χ2n) is 4.81. The third-order valence-electron chi connectivity index (χ3n) is 2.97. The smallest absolute Gasteiger partial charge is 0.229 e. The van der Waals surface area contributed by atoms with E-state index >= 15 is 0 Å². The molecule has 0 saturated carbocycles. The number of rotatable bonds is 3. The third-order valence-corrected chi connectivity index (χ3v) is 3.57. The SMILES string of the molecule is CS(=O)(=O)Nc1ccc(-c2nc3ccc(N)cc3[nH]2)cc1. The van der Waals surface area contributed by atoms with Crippen molar-refractivity contribution in [1.82, 2.24) is 9.97 Å². The van der Waals surface area contributed by atoms with Crippen LogP contribution in [0.3, 0.4) is 0 Å². The van der Waals surface area contributed by atoms with Crippen molar-refractivity contribution in [1.29, 1.82) is 0 Å². The molecule has 4 N–H and O–H groups in total. The topological polar surface area (TPSA) is 101 Å². The van der Waals surface area contributed by atoms with Gasteiger partial charge in [0.25, 0.3) is 0 Å². The molecule has 0 radical (unpaired) electrons. The van der Waals surface area contributed by atoms with E-state index in [1.54, 1.807) is 30.3 Å². The van der Waals surface area contributed by atoms with Gasteiger partial charge in [-0.2, -0.15) is 0 Å². The Kier molecular flexibility index (Phi) is 3.06. The highest BCUT2D eigenvalue weighted by Gasteiger charge is 2.07. The maximum absolute atomic E-state index is 11.2. The average molecular weight is 302 g/mol. The molecule has 2 aromatic carbocycles. The Balaban J connectivity index is 1.95. The van der Waals surface area contributed by atoms with Gasteiger partial charge in [-0.3, -0.25) is 4.72 Å². The monoisotopic (exact) mass is 302 g/mol. The quantitative estimate of drug-likeness (QED) is 0.645. The molecule has 0 atom stereocenters. The Morgan fingerprint density at radius 2 is 1.86 bits per heavy atom. The normalized spacial score (nSPS) is 11.7. The van der Waals surface area contributed by atoms with Gasteiger partial charge in [-0.05, 0) is 42.5 Å². The van der Waals surface area contributed by atoms with Crippen molar-refractivity contribution >= 4 is 32.4 Å². The van der Waals surface area contributed by atoms with Crippen LogP contribution in [0.15, 0.2) is 42.5 Å².